The SMILES string of the molecule is Cc1c(-c2nn(Cc3cc(F)c(F)cc3F)c(=O)c3ccccc23)c2cc(F)ccc2n1CC(=O)O. The molecule has 0 atom stereocenters. The zero-order chi connectivity index (χ0) is 25.7. The van der Waals surface area contributed by atoms with Gasteiger partial charge in [0.25, 0.3) is 5.56 Å². The van der Waals surface area contributed by atoms with Gasteiger partial charge in [0.15, 0.2) is 11.6 Å². The largest absolute Gasteiger partial charge is 0.480 e. The van der Waals surface area contributed by atoms with Crippen molar-refractivity contribution in [2.75, 3.05) is 0 Å². The number of hydrogen-bond acceptors (Lipinski definition) is 3. The van der Waals surface area contributed by atoms with E-state index in [2.05, 4.69) is 5.10 Å². The summed E-state index contributed by atoms with van der Waals surface area (Å²) in [5.41, 5.74) is 0.630. The Balaban J connectivity index is 1.82. The molecule has 3 aromatic carbocycles. The van der Waals surface area contributed by atoms with Crippen molar-refractivity contribution in [3.05, 3.63) is 99.5 Å². The van der Waals surface area contributed by atoms with Crippen LogP contribution in [0.15, 0.2) is 59.4 Å². The van der Waals surface area contributed by atoms with E-state index in [4.69, 9.17) is 0 Å². The Morgan fingerprint density at radius 2 is 1.61 bits per heavy atom. The predicted molar refractivity (Wildman–Crippen MR) is 125 cm³/mol. The lowest BCUT2D eigenvalue weighted by Crippen LogP contribution is -2.25. The maximum absolute atomic E-state index is 14.4. The first-order valence-electron chi connectivity index (χ1n) is 10.8. The maximum Gasteiger partial charge on any atom is 0.323 e. The van der Waals surface area contributed by atoms with Crippen LogP contribution >= 0.6 is 0 Å². The highest BCUT2D eigenvalue weighted by Gasteiger charge is 2.23. The molecule has 6 nitrogen and oxygen atoms in total. The molecule has 10 heteroatoms. The Morgan fingerprint density at radius 3 is 2.33 bits per heavy atom. The van der Waals surface area contributed by atoms with E-state index in [0.717, 1.165) is 4.68 Å². The summed E-state index contributed by atoms with van der Waals surface area (Å²) in [4.78, 5) is 24.7. The van der Waals surface area contributed by atoms with Crippen molar-refractivity contribution >= 4 is 27.6 Å². The summed E-state index contributed by atoms with van der Waals surface area (Å²) in [6.07, 6.45) is 0. The van der Waals surface area contributed by atoms with Crippen molar-refractivity contribution in [1.82, 2.24) is 14.3 Å². The standard InChI is InChI=1S/C26H17F4N3O3/c1-13-24(18-9-15(27)6-7-22(18)32(13)12-23(34)35)25-16-4-2-3-5-17(16)26(36)33(31-25)11-14-8-20(29)21(30)10-19(14)28/h2-10H,11-12H2,1H3,(H,34,35). The number of aromatic nitrogens is 3. The minimum atomic E-state index is -1.36. The van der Waals surface area contributed by atoms with Crippen LogP contribution in [0.1, 0.15) is 11.3 Å². The molecule has 2 heterocycles. The van der Waals surface area contributed by atoms with Crippen molar-refractivity contribution < 1.29 is 27.5 Å². The summed E-state index contributed by atoms with van der Waals surface area (Å²) in [5.74, 6) is -5.35. The lowest BCUT2D eigenvalue weighted by atomic mass is 10.0. The van der Waals surface area contributed by atoms with Crippen molar-refractivity contribution in [2.45, 2.75) is 20.0 Å². The second-order valence-electron chi connectivity index (χ2n) is 8.32. The molecule has 0 saturated heterocycles. The second kappa shape index (κ2) is 8.63. The molecule has 36 heavy (non-hydrogen) atoms. The molecule has 0 aliphatic carbocycles. The zero-order valence-electron chi connectivity index (χ0n) is 18.7. The fraction of sp³-hybridized carbons (Fsp3) is 0.115. The first-order chi connectivity index (χ1) is 17.2. The summed E-state index contributed by atoms with van der Waals surface area (Å²) in [7, 11) is 0. The molecule has 0 saturated carbocycles. The van der Waals surface area contributed by atoms with Crippen LogP contribution < -0.4 is 5.56 Å². The van der Waals surface area contributed by atoms with E-state index in [1.165, 1.54) is 28.8 Å². The van der Waals surface area contributed by atoms with E-state index < -0.39 is 47.9 Å². The molecule has 0 aliphatic heterocycles. The molecule has 0 fully saturated rings. The van der Waals surface area contributed by atoms with Gasteiger partial charge in [0, 0.05) is 39.2 Å². The first-order valence-corrected chi connectivity index (χ1v) is 10.8. The minimum absolute atomic E-state index is 0.209. The van der Waals surface area contributed by atoms with Crippen LogP contribution in [0.4, 0.5) is 17.6 Å². The van der Waals surface area contributed by atoms with Crippen LogP contribution in [-0.4, -0.2) is 25.4 Å². The lowest BCUT2D eigenvalue weighted by molar-refractivity contribution is -0.137. The number of aliphatic carboxylic acids is 1. The molecular formula is C26H17F4N3O3. The molecule has 5 aromatic rings. The number of nitrogens with zero attached hydrogens (tertiary/aromatic N) is 3. The van der Waals surface area contributed by atoms with Crippen LogP contribution in [-0.2, 0) is 17.9 Å². The molecule has 0 spiro atoms. The molecular weight excluding hydrogens is 478 g/mol. The van der Waals surface area contributed by atoms with E-state index in [-0.39, 0.29) is 16.6 Å². The summed E-state index contributed by atoms with van der Waals surface area (Å²) in [6, 6.07) is 11.4. The van der Waals surface area contributed by atoms with Gasteiger partial charge in [-0.25, -0.2) is 22.2 Å². The molecule has 0 bridgehead atoms. The lowest BCUT2D eigenvalue weighted by Gasteiger charge is -2.13. The smallest absolute Gasteiger partial charge is 0.323 e. The third-order valence-corrected chi connectivity index (χ3v) is 6.09. The number of carboxylic acids is 1. The van der Waals surface area contributed by atoms with Crippen molar-refractivity contribution in [1.29, 1.82) is 0 Å². The number of hydrogen-bond donors (Lipinski definition) is 1. The molecule has 1 N–H and O–H groups in total. The first kappa shape index (κ1) is 23.3. The number of fused-ring (bicyclic) bond motifs is 2. The molecule has 0 radical (unpaired) electrons. The molecule has 0 amide bonds. The monoisotopic (exact) mass is 495 g/mol. The summed E-state index contributed by atoms with van der Waals surface area (Å²) >= 11 is 0. The van der Waals surface area contributed by atoms with Crippen LogP contribution in [0, 0.1) is 30.2 Å². The Kier molecular flexibility index (Phi) is 5.58. The highest BCUT2D eigenvalue weighted by atomic mass is 19.2. The van der Waals surface area contributed by atoms with E-state index in [1.54, 1.807) is 25.1 Å². The maximum atomic E-state index is 14.4. The van der Waals surface area contributed by atoms with Crippen molar-refractivity contribution in [3.63, 3.8) is 0 Å². The Hall–Kier alpha value is -4.47. The van der Waals surface area contributed by atoms with Gasteiger partial charge in [0.1, 0.15) is 23.9 Å². The van der Waals surface area contributed by atoms with Crippen LogP contribution in [0.3, 0.4) is 0 Å². The number of rotatable bonds is 5. The van der Waals surface area contributed by atoms with Crippen molar-refractivity contribution in [2.24, 2.45) is 0 Å². The average Bonchev–Trinajstić information content (AvgIpc) is 3.09. The number of halogens is 4. The predicted octanol–water partition coefficient (Wildman–Crippen LogP) is 5.02. The highest BCUT2D eigenvalue weighted by molar-refractivity contribution is 6.05. The normalized spacial score (nSPS) is 11.5. The van der Waals surface area contributed by atoms with Crippen LogP contribution in [0.2, 0.25) is 0 Å². The zero-order valence-corrected chi connectivity index (χ0v) is 18.7. The average molecular weight is 495 g/mol. The van der Waals surface area contributed by atoms with Crippen LogP contribution in [0.5, 0.6) is 0 Å². The van der Waals surface area contributed by atoms with E-state index >= 15 is 0 Å². The summed E-state index contributed by atoms with van der Waals surface area (Å²) < 4.78 is 58.3. The van der Waals surface area contributed by atoms with Crippen molar-refractivity contribution in [3.8, 4) is 11.3 Å². The summed E-state index contributed by atoms with van der Waals surface area (Å²) in [5, 5.41) is 14.8. The van der Waals surface area contributed by atoms with E-state index in [1.807, 2.05) is 0 Å². The van der Waals surface area contributed by atoms with Crippen LogP contribution in [0.25, 0.3) is 32.9 Å². The van der Waals surface area contributed by atoms with Gasteiger partial charge in [-0.15, -0.1) is 0 Å². The topological polar surface area (TPSA) is 77.1 Å². The molecule has 2 aromatic heterocycles. The second-order valence-corrected chi connectivity index (χ2v) is 8.32. The minimum Gasteiger partial charge on any atom is -0.480 e. The van der Waals surface area contributed by atoms with Gasteiger partial charge in [-0.1, -0.05) is 18.2 Å². The quantitative estimate of drug-likeness (QED) is 0.275. The third-order valence-electron chi connectivity index (χ3n) is 6.09. The third kappa shape index (κ3) is 3.80. The van der Waals surface area contributed by atoms with Gasteiger partial charge >= 0.3 is 5.97 Å². The Bertz CT molecular complexity index is 1760. The fourth-order valence-corrected chi connectivity index (χ4v) is 4.47. The number of benzene rings is 3. The fourth-order valence-electron chi connectivity index (χ4n) is 4.47. The Morgan fingerprint density at radius 1 is 0.917 bits per heavy atom. The molecule has 0 unspecified atom stereocenters. The number of carbonyl (C=O) groups is 1. The molecule has 182 valence electrons. The van der Waals surface area contributed by atoms with E-state index in [0.29, 0.717) is 39.7 Å². The van der Waals surface area contributed by atoms with Gasteiger partial charge in [-0.3, -0.25) is 9.59 Å². The van der Waals surface area contributed by atoms with Gasteiger partial charge in [-0.05, 0) is 37.3 Å². The Labute approximate surface area is 200 Å². The highest BCUT2D eigenvalue weighted by Crippen LogP contribution is 2.37. The molecule has 0 aliphatic rings. The van der Waals surface area contributed by atoms with E-state index in [9.17, 15) is 32.3 Å². The summed E-state index contributed by atoms with van der Waals surface area (Å²) in [6.45, 7) is 0.754. The van der Waals surface area contributed by atoms with Gasteiger partial charge < -0.3 is 9.67 Å². The van der Waals surface area contributed by atoms with Gasteiger partial charge in [0.2, 0.25) is 0 Å². The number of carboxylic acid groups (broad SMARTS) is 1. The molecule has 5 rings (SSSR count). The van der Waals surface area contributed by atoms with Gasteiger partial charge in [-0.2, -0.15) is 5.10 Å². The van der Waals surface area contributed by atoms with Gasteiger partial charge in [0.05, 0.1) is 11.9 Å².